The van der Waals surface area contributed by atoms with Gasteiger partial charge in [-0.1, -0.05) is 0 Å². The molecule has 1 heterocycles. The molecule has 0 aromatic carbocycles. The van der Waals surface area contributed by atoms with Gasteiger partial charge in [-0.15, -0.1) is 0 Å². The third-order valence-corrected chi connectivity index (χ3v) is 2.32. The van der Waals surface area contributed by atoms with Crippen LogP contribution in [-0.2, 0) is 6.18 Å². The van der Waals surface area contributed by atoms with Crippen LogP contribution in [0.1, 0.15) is 12.0 Å². The normalized spacial score (nSPS) is 11.9. The highest BCUT2D eigenvalue weighted by atomic mass is 19.4. The second-order valence-corrected chi connectivity index (χ2v) is 4.24. The molecule has 1 rings (SSSR count). The molecule has 0 spiro atoms. The van der Waals surface area contributed by atoms with Gasteiger partial charge in [0.05, 0.1) is 11.3 Å². The van der Waals surface area contributed by atoms with Gasteiger partial charge in [0.2, 0.25) is 0 Å². The molecule has 18 heavy (non-hydrogen) atoms. The summed E-state index contributed by atoms with van der Waals surface area (Å²) in [6, 6.07) is 0.890. The van der Waals surface area contributed by atoms with E-state index in [0.29, 0.717) is 12.4 Å². The zero-order valence-corrected chi connectivity index (χ0v) is 10.4. The summed E-state index contributed by atoms with van der Waals surface area (Å²) >= 11 is 0. The van der Waals surface area contributed by atoms with E-state index in [1.165, 1.54) is 0 Å². The second kappa shape index (κ2) is 5.90. The van der Waals surface area contributed by atoms with Gasteiger partial charge in [0.15, 0.2) is 0 Å². The van der Waals surface area contributed by atoms with Crippen LogP contribution in [0.25, 0.3) is 0 Å². The lowest BCUT2D eigenvalue weighted by atomic mass is 10.2. The Morgan fingerprint density at radius 1 is 1.39 bits per heavy atom. The van der Waals surface area contributed by atoms with E-state index in [2.05, 4.69) is 10.3 Å². The molecule has 0 aliphatic carbocycles. The Labute approximate surface area is 104 Å². The zero-order chi connectivity index (χ0) is 13.8. The molecule has 1 aromatic heterocycles. The van der Waals surface area contributed by atoms with Crippen molar-refractivity contribution < 1.29 is 13.2 Å². The lowest BCUT2D eigenvalue weighted by Crippen LogP contribution is -2.17. The van der Waals surface area contributed by atoms with E-state index in [1.54, 1.807) is 0 Å². The molecular formula is C11H17F3N4. The van der Waals surface area contributed by atoms with Crippen molar-refractivity contribution in [2.24, 2.45) is 0 Å². The van der Waals surface area contributed by atoms with Crippen LogP contribution in [-0.4, -0.2) is 37.1 Å². The van der Waals surface area contributed by atoms with Crippen molar-refractivity contribution in [3.8, 4) is 0 Å². The fourth-order valence-corrected chi connectivity index (χ4v) is 1.39. The minimum Gasteiger partial charge on any atom is -0.396 e. The molecule has 1 aromatic rings. The molecule has 4 nitrogen and oxygen atoms in total. The van der Waals surface area contributed by atoms with Crippen LogP contribution in [0.3, 0.4) is 0 Å². The van der Waals surface area contributed by atoms with Crippen LogP contribution < -0.4 is 11.1 Å². The first-order valence-corrected chi connectivity index (χ1v) is 5.52. The number of nitrogens with two attached hydrogens (primary N) is 1. The Hall–Kier alpha value is -1.50. The molecule has 102 valence electrons. The molecule has 0 aliphatic rings. The molecule has 0 aliphatic heterocycles. The highest BCUT2D eigenvalue weighted by Crippen LogP contribution is 2.31. The molecule has 0 radical (unpaired) electrons. The molecule has 0 unspecified atom stereocenters. The number of alkyl halides is 3. The number of hydrogen-bond acceptors (Lipinski definition) is 4. The predicted molar refractivity (Wildman–Crippen MR) is 65.3 cm³/mol. The van der Waals surface area contributed by atoms with Crippen molar-refractivity contribution in [2.75, 3.05) is 38.2 Å². The van der Waals surface area contributed by atoms with E-state index in [1.807, 2.05) is 19.0 Å². The smallest absolute Gasteiger partial charge is 0.396 e. The van der Waals surface area contributed by atoms with Gasteiger partial charge in [-0.2, -0.15) is 13.2 Å². The number of anilines is 2. The van der Waals surface area contributed by atoms with Crippen molar-refractivity contribution in [2.45, 2.75) is 12.6 Å². The minimum absolute atomic E-state index is 0.00896. The first-order valence-electron chi connectivity index (χ1n) is 5.52. The van der Waals surface area contributed by atoms with Crippen LogP contribution >= 0.6 is 0 Å². The number of nitrogens with zero attached hydrogens (tertiary/aromatic N) is 2. The Balaban J connectivity index is 2.58. The maximum absolute atomic E-state index is 12.4. The summed E-state index contributed by atoms with van der Waals surface area (Å²) in [4.78, 5) is 5.71. The summed E-state index contributed by atoms with van der Waals surface area (Å²) in [6.45, 7) is 1.49. The van der Waals surface area contributed by atoms with E-state index >= 15 is 0 Å². The van der Waals surface area contributed by atoms with E-state index in [0.717, 1.165) is 25.2 Å². The standard InChI is InChI=1S/C11H17F3N4/c1-18(2)5-3-4-16-10-9(15)6-8(7-17-10)11(12,13)14/h6-7H,3-5,15H2,1-2H3,(H,16,17). The number of pyridine rings is 1. The average molecular weight is 262 g/mol. The lowest BCUT2D eigenvalue weighted by Gasteiger charge is -2.13. The highest BCUT2D eigenvalue weighted by Gasteiger charge is 2.31. The highest BCUT2D eigenvalue weighted by molar-refractivity contribution is 5.61. The van der Waals surface area contributed by atoms with E-state index in [4.69, 9.17) is 5.73 Å². The third-order valence-electron chi connectivity index (χ3n) is 2.32. The summed E-state index contributed by atoms with van der Waals surface area (Å²) in [7, 11) is 3.90. The van der Waals surface area contributed by atoms with Crippen LogP contribution in [0.2, 0.25) is 0 Å². The van der Waals surface area contributed by atoms with E-state index in [9.17, 15) is 13.2 Å². The Bertz CT molecular complexity index is 390. The molecule has 0 saturated heterocycles. The molecule has 0 amide bonds. The second-order valence-electron chi connectivity index (χ2n) is 4.24. The molecule has 3 N–H and O–H groups in total. The van der Waals surface area contributed by atoms with Gasteiger partial charge in [0.1, 0.15) is 5.82 Å². The number of aromatic nitrogens is 1. The number of halogens is 3. The molecule has 0 bridgehead atoms. The van der Waals surface area contributed by atoms with Crippen molar-refractivity contribution in [3.63, 3.8) is 0 Å². The number of nitrogen functional groups attached to an aromatic ring is 1. The van der Waals surface area contributed by atoms with E-state index in [-0.39, 0.29) is 5.69 Å². The fraction of sp³-hybridized carbons (Fsp3) is 0.545. The number of hydrogen-bond donors (Lipinski definition) is 2. The van der Waals surface area contributed by atoms with Crippen molar-refractivity contribution in [1.29, 1.82) is 0 Å². The van der Waals surface area contributed by atoms with Gasteiger partial charge in [-0.3, -0.25) is 0 Å². The third kappa shape index (κ3) is 4.40. The maximum Gasteiger partial charge on any atom is 0.417 e. The van der Waals surface area contributed by atoms with Gasteiger partial charge < -0.3 is 16.0 Å². The van der Waals surface area contributed by atoms with Gasteiger partial charge in [-0.25, -0.2) is 4.98 Å². The van der Waals surface area contributed by atoms with Crippen molar-refractivity contribution in [1.82, 2.24) is 9.88 Å². The monoisotopic (exact) mass is 262 g/mol. The van der Waals surface area contributed by atoms with Crippen molar-refractivity contribution in [3.05, 3.63) is 17.8 Å². The first-order chi connectivity index (χ1) is 8.30. The Kier molecular flexibility index (Phi) is 4.77. The number of nitrogens with one attached hydrogen (secondary N) is 1. The van der Waals surface area contributed by atoms with Gasteiger partial charge in [-0.05, 0) is 33.1 Å². The zero-order valence-electron chi connectivity index (χ0n) is 10.4. The Morgan fingerprint density at radius 2 is 2.06 bits per heavy atom. The molecular weight excluding hydrogens is 245 g/mol. The quantitative estimate of drug-likeness (QED) is 0.797. The molecule has 0 saturated carbocycles. The summed E-state index contributed by atoms with van der Waals surface area (Å²) in [5, 5.41) is 2.92. The predicted octanol–water partition coefficient (Wildman–Crippen LogP) is 2.05. The maximum atomic E-state index is 12.4. The SMILES string of the molecule is CN(C)CCCNc1ncc(C(F)(F)F)cc1N. The van der Waals surface area contributed by atoms with Gasteiger partial charge >= 0.3 is 6.18 Å². The van der Waals surface area contributed by atoms with Crippen LogP contribution in [0.4, 0.5) is 24.7 Å². The minimum atomic E-state index is -4.41. The van der Waals surface area contributed by atoms with Crippen LogP contribution in [0.15, 0.2) is 12.3 Å². The molecule has 0 fully saturated rings. The van der Waals surface area contributed by atoms with Crippen molar-refractivity contribution >= 4 is 11.5 Å². The fourth-order valence-electron chi connectivity index (χ4n) is 1.39. The molecule has 0 atom stereocenters. The topological polar surface area (TPSA) is 54.2 Å². The van der Waals surface area contributed by atoms with E-state index < -0.39 is 11.7 Å². The molecule has 7 heteroatoms. The first kappa shape index (κ1) is 14.6. The van der Waals surface area contributed by atoms with Crippen LogP contribution in [0, 0.1) is 0 Å². The van der Waals surface area contributed by atoms with Gasteiger partial charge in [0, 0.05) is 12.7 Å². The Morgan fingerprint density at radius 3 is 2.56 bits per heavy atom. The number of rotatable bonds is 5. The van der Waals surface area contributed by atoms with Crippen LogP contribution in [0.5, 0.6) is 0 Å². The average Bonchev–Trinajstić information content (AvgIpc) is 2.24. The summed E-state index contributed by atoms with van der Waals surface area (Å²) < 4.78 is 37.1. The van der Waals surface area contributed by atoms with Gasteiger partial charge in [0.25, 0.3) is 0 Å². The largest absolute Gasteiger partial charge is 0.417 e. The lowest BCUT2D eigenvalue weighted by molar-refractivity contribution is -0.137. The summed E-state index contributed by atoms with van der Waals surface area (Å²) in [5.41, 5.74) is 4.70. The summed E-state index contributed by atoms with van der Waals surface area (Å²) in [5.74, 6) is 0.293. The summed E-state index contributed by atoms with van der Waals surface area (Å²) in [6.07, 6.45) is -2.77.